The summed E-state index contributed by atoms with van der Waals surface area (Å²) in [7, 11) is 1.97. The molecule has 0 saturated carbocycles. The molecule has 1 aromatic heterocycles. The van der Waals surface area contributed by atoms with E-state index in [0.717, 1.165) is 37.1 Å². The number of hydrogen-bond acceptors (Lipinski definition) is 2. The van der Waals surface area contributed by atoms with Gasteiger partial charge in [-0.3, -0.25) is 4.68 Å². The minimum atomic E-state index is -0.632. The van der Waals surface area contributed by atoms with Crippen molar-refractivity contribution in [3.05, 3.63) is 52.8 Å². The average molecular weight is 270 g/mol. The van der Waals surface area contributed by atoms with E-state index in [2.05, 4.69) is 42.4 Å². The third kappa shape index (κ3) is 2.50. The molecule has 106 valence electrons. The number of aliphatic hydroxyl groups is 1. The summed E-state index contributed by atoms with van der Waals surface area (Å²) in [5, 5.41) is 15.4. The summed E-state index contributed by atoms with van der Waals surface area (Å²) < 4.78 is 1.91. The second-order valence-electron chi connectivity index (χ2n) is 5.95. The van der Waals surface area contributed by atoms with Crippen LogP contribution in [0.5, 0.6) is 0 Å². The van der Waals surface area contributed by atoms with E-state index in [9.17, 15) is 5.11 Å². The highest BCUT2D eigenvalue weighted by molar-refractivity contribution is 5.32. The summed E-state index contributed by atoms with van der Waals surface area (Å²) in [5.74, 6) is 0. The fraction of sp³-hybridized carbons (Fsp3) is 0.471. The first-order valence-electron chi connectivity index (χ1n) is 7.40. The number of aryl methyl sites for hydroxylation is 3. The fourth-order valence-electron chi connectivity index (χ4n) is 3.18. The lowest BCUT2D eigenvalue weighted by Crippen LogP contribution is -2.38. The predicted molar refractivity (Wildman–Crippen MR) is 79.7 cm³/mol. The molecule has 0 amide bonds. The van der Waals surface area contributed by atoms with Gasteiger partial charge in [0.05, 0.1) is 11.3 Å². The van der Waals surface area contributed by atoms with E-state index in [1.165, 1.54) is 11.1 Å². The lowest BCUT2D eigenvalue weighted by molar-refractivity contribution is 0.0250. The van der Waals surface area contributed by atoms with E-state index in [-0.39, 0.29) is 0 Å². The lowest BCUT2D eigenvalue weighted by atomic mass is 9.78. The fourth-order valence-corrected chi connectivity index (χ4v) is 3.18. The van der Waals surface area contributed by atoms with Crippen LogP contribution in [0, 0.1) is 0 Å². The minimum Gasteiger partial charge on any atom is -0.389 e. The Labute approximate surface area is 120 Å². The number of aromatic nitrogens is 2. The van der Waals surface area contributed by atoms with Crippen molar-refractivity contribution in [3.8, 4) is 0 Å². The summed E-state index contributed by atoms with van der Waals surface area (Å²) in [4.78, 5) is 0. The monoisotopic (exact) mass is 270 g/mol. The van der Waals surface area contributed by atoms with Crippen LogP contribution in [0.25, 0.3) is 0 Å². The predicted octanol–water partition coefficient (Wildman–Crippen LogP) is 2.45. The number of nitrogens with zero attached hydrogens (tertiary/aromatic N) is 2. The zero-order valence-electron chi connectivity index (χ0n) is 12.3. The quantitative estimate of drug-likeness (QED) is 0.930. The second kappa shape index (κ2) is 5.06. The van der Waals surface area contributed by atoms with Crippen molar-refractivity contribution in [1.29, 1.82) is 0 Å². The van der Waals surface area contributed by atoms with Gasteiger partial charge in [-0.1, -0.05) is 31.2 Å². The maximum atomic E-state index is 10.9. The van der Waals surface area contributed by atoms with Gasteiger partial charge in [-0.05, 0) is 36.5 Å². The van der Waals surface area contributed by atoms with E-state index in [0.29, 0.717) is 6.42 Å². The Hall–Kier alpha value is -1.61. The summed E-state index contributed by atoms with van der Waals surface area (Å²) in [5.41, 5.74) is 4.27. The molecule has 3 nitrogen and oxygen atoms in total. The van der Waals surface area contributed by atoms with Crippen LogP contribution in [0.4, 0.5) is 0 Å². The van der Waals surface area contributed by atoms with Crippen LogP contribution in [0.3, 0.4) is 0 Å². The van der Waals surface area contributed by atoms with Gasteiger partial charge in [0.2, 0.25) is 0 Å². The number of fused-ring (bicyclic) bond motifs is 1. The van der Waals surface area contributed by atoms with Gasteiger partial charge in [0, 0.05) is 25.6 Å². The summed E-state index contributed by atoms with van der Waals surface area (Å²) >= 11 is 0. The van der Waals surface area contributed by atoms with Crippen molar-refractivity contribution in [2.24, 2.45) is 7.05 Å². The Morgan fingerprint density at radius 3 is 2.75 bits per heavy atom. The van der Waals surface area contributed by atoms with Gasteiger partial charge < -0.3 is 5.11 Å². The average Bonchev–Trinajstić information content (AvgIpc) is 2.78. The van der Waals surface area contributed by atoms with Crippen LogP contribution >= 0.6 is 0 Å². The van der Waals surface area contributed by atoms with Crippen molar-refractivity contribution in [2.75, 3.05) is 0 Å². The normalized spacial score (nSPS) is 21.8. The van der Waals surface area contributed by atoms with E-state index in [4.69, 9.17) is 0 Å². The van der Waals surface area contributed by atoms with Gasteiger partial charge >= 0.3 is 0 Å². The molecule has 0 radical (unpaired) electrons. The number of benzene rings is 1. The van der Waals surface area contributed by atoms with Crippen LogP contribution in [-0.4, -0.2) is 20.5 Å². The molecule has 3 heteroatoms. The smallest absolute Gasteiger partial charge is 0.0746 e. The molecule has 3 rings (SSSR count). The molecule has 0 bridgehead atoms. The minimum absolute atomic E-state index is 0.632. The number of rotatable bonds is 3. The first kappa shape index (κ1) is 13.4. The van der Waals surface area contributed by atoms with Crippen molar-refractivity contribution < 1.29 is 5.11 Å². The first-order valence-corrected chi connectivity index (χ1v) is 7.40. The molecule has 0 saturated heterocycles. The van der Waals surface area contributed by atoms with Crippen LogP contribution in [0.2, 0.25) is 0 Å². The Kier molecular flexibility index (Phi) is 3.38. The van der Waals surface area contributed by atoms with Gasteiger partial charge in [-0.25, -0.2) is 0 Å². The van der Waals surface area contributed by atoms with Crippen LogP contribution in [0.1, 0.15) is 35.9 Å². The van der Waals surface area contributed by atoms with Crippen molar-refractivity contribution in [3.63, 3.8) is 0 Å². The molecule has 1 heterocycles. The van der Waals surface area contributed by atoms with Gasteiger partial charge in [-0.2, -0.15) is 5.10 Å². The highest BCUT2D eigenvalue weighted by Gasteiger charge is 2.33. The zero-order chi connectivity index (χ0) is 14.2. The summed E-state index contributed by atoms with van der Waals surface area (Å²) in [6.45, 7) is 2.11. The summed E-state index contributed by atoms with van der Waals surface area (Å²) in [6, 6.07) is 10.6. The van der Waals surface area contributed by atoms with Gasteiger partial charge in [0.25, 0.3) is 0 Å². The van der Waals surface area contributed by atoms with E-state index in [1.54, 1.807) is 0 Å². The Morgan fingerprint density at radius 2 is 2.05 bits per heavy atom. The molecule has 1 N–H and O–H groups in total. The molecule has 0 fully saturated rings. The molecule has 0 spiro atoms. The molecule has 0 aliphatic heterocycles. The molecule has 1 aromatic carbocycles. The molecular formula is C17H22N2O. The van der Waals surface area contributed by atoms with Gasteiger partial charge in [0.1, 0.15) is 0 Å². The zero-order valence-corrected chi connectivity index (χ0v) is 12.3. The molecule has 1 unspecified atom stereocenters. The maximum absolute atomic E-state index is 10.9. The van der Waals surface area contributed by atoms with Gasteiger partial charge in [-0.15, -0.1) is 0 Å². The highest BCUT2D eigenvalue weighted by atomic mass is 16.3. The maximum Gasteiger partial charge on any atom is 0.0746 e. The third-order valence-electron chi connectivity index (χ3n) is 4.40. The van der Waals surface area contributed by atoms with Gasteiger partial charge in [0.15, 0.2) is 0 Å². The Morgan fingerprint density at radius 1 is 1.30 bits per heavy atom. The molecule has 20 heavy (non-hydrogen) atoms. The molecule has 1 aliphatic rings. The van der Waals surface area contributed by atoms with Crippen molar-refractivity contribution in [2.45, 2.75) is 44.6 Å². The SMILES string of the molecule is CCc1cc(CC2(O)CCc3ccccc3C2)n(C)n1. The van der Waals surface area contributed by atoms with Crippen LogP contribution < -0.4 is 0 Å². The summed E-state index contributed by atoms with van der Waals surface area (Å²) in [6.07, 6.45) is 4.16. The standard InChI is InChI=1S/C17H22N2O/c1-3-15-10-16(19(2)18-15)12-17(20)9-8-13-6-4-5-7-14(13)11-17/h4-7,10,20H,3,8-9,11-12H2,1-2H3. The second-order valence-corrected chi connectivity index (χ2v) is 5.95. The van der Waals surface area contributed by atoms with Crippen LogP contribution in [-0.2, 0) is 32.7 Å². The Balaban J connectivity index is 1.82. The number of hydrogen-bond donors (Lipinski definition) is 1. The van der Waals surface area contributed by atoms with Crippen LogP contribution in [0.15, 0.2) is 30.3 Å². The van der Waals surface area contributed by atoms with E-state index >= 15 is 0 Å². The third-order valence-corrected chi connectivity index (χ3v) is 4.40. The molecule has 1 atom stereocenters. The first-order chi connectivity index (χ1) is 9.59. The van der Waals surface area contributed by atoms with E-state index < -0.39 is 5.60 Å². The van der Waals surface area contributed by atoms with E-state index in [1.807, 2.05) is 11.7 Å². The lowest BCUT2D eigenvalue weighted by Gasteiger charge is -2.33. The molecular weight excluding hydrogens is 248 g/mol. The van der Waals surface area contributed by atoms with Crippen molar-refractivity contribution >= 4 is 0 Å². The topological polar surface area (TPSA) is 38.0 Å². The van der Waals surface area contributed by atoms with Crippen molar-refractivity contribution in [1.82, 2.24) is 9.78 Å². The molecule has 1 aliphatic carbocycles. The Bertz CT molecular complexity index is 617. The highest BCUT2D eigenvalue weighted by Crippen LogP contribution is 2.31. The largest absolute Gasteiger partial charge is 0.389 e. The molecule has 2 aromatic rings.